The molecule has 0 saturated carbocycles. The molecule has 1 aromatic heterocycles. The van der Waals surface area contributed by atoms with Gasteiger partial charge in [0.1, 0.15) is 6.04 Å². The average molecular weight is 354 g/mol. The predicted octanol–water partition coefficient (Wildman–Crippen LogP) is 4.37. The molecule has 0 bridgehead atoms. The maximum absolute atomic E-state index is 12.8. The van der Waals surface area contributed by atoms with Gasteiger partial charge in [-0.15, -0.1) is 0 Å². The van der Waals surface area contributed by atoms with Crippen LogP contribution in [0.15, 0.2) is 59.1 Å². The van der Waals surface area contributed by atoms with Crippen molar-refractivity contribution in [2.45, 2.75) is 18.9 Å². The van der Waals surface area contributed by atoms with Gasteiger partial charge in [-0.25, -0.2) is 0 Å². The van der Waals surface area contributed by atoms with Gasteiger partial charge in [-0.05, 0) is 37.1 Å². The van der Waals surface area contributed by atoms with Crippen LogP contribution in [0.3, 0.4) is 0 Å². The molecular weight excluding hydrogens is 338 g/mol. The smallest absolute Gasteiger partial charge is 0.254 e. The topological polar surface area (TPSA) is 59.2 Å². The molecule has 0 aliphatic carbocycles. The average Bonchev–Trinajstić information content (AvgIpc) is 3.32. The molecule has 1 aliphatic rings. The molecule has 126 valence electrons. The molecule has 6 heteroatoms. The van der Waals surface area contributed by atoms with Crippen LogP contribution in [0.5, 0.6) is 0 Å². The third-order valence-corrected chi connectivity index (χ3v) is 4.62. The Hall–Kier alpha value is -2.66. The fraction of sp³-hybridized carbons (Fsp3) is 0.211. The molecule has 1 fully saturated rings. The van der Waals surface area contributed by atoms with E-state index in [9.17, 15) is 4.79 Å². The second-order valence-corrected chi connectivity index (χ2v) is 6.42. The summed E-state index contributed by atoms with van der Waals surface area (Å²) < 4.78 is 5.46. The number of hydrogen-bond acceptors (Lipinski definition) is 4. The van der Waals surface area contributed by atoms with Gasteiger partial charge in [0, 0.05) is 22.7 Å². The first-order valence-corrected chi connectivity index (χ1v) is 8.56. The highest BCUT2D eigenvalue weighted by molar-refractivity contribution is 6.30. The van der Waals surface area contributed by atoms with Crippen LogP contribution in [0.25, 0.3) is 11.4 Å². The number of amides is 1. The fourth-order valence-electron chi connectivity index (χ4n) is 3.10. The molecule has 1 amide bonds. The lowest BCUT2D eigenvalue weighted by atomic mass is 10.1. The minimum absolute atomic E-state index is 0.0429. The van der Waals surface area contributed by atoms with E-state index in [0.29, 0.717) is 28.8 Å². The summed E-state index contributed by atoms with van der Waals surface area (Å²) in [6, 6.07) is 16.4. The third-order valence-electron chi connectivity index (χ3n) is 4.36. The second kappa shape index (κ2) is 6.69. The van der Waals surface area contributed by atoms with E-state index in [-0.39, 0.29) is 11.9 Å². The van der Waals surface area contributed by atoms with Crippen LogP contribution in [-0.2, 0) is 0 Å². The Morgan fingerprint density at radius 2 is 1.88 bits per heavy atom. The molecule has 0 spiro atoms. The van der Waals surface area contributed by atoms with Gasteiger partial charge in [0.25, 0.3) is 5.91 Å². The van der Waals surface area contributed by atoms with Gasteiger partial charge >= 0.3 is 0 Å². The Morgan fingerprint density at radius 1 is 1.12 bits per heavy atom. The fourth-order valence-corrected chi connectivity index (χ4v) is 3.23. The van der Waals surface area contributed by atoms with Gasteiger partial charge in [0.15, 0.2) is 0 Å². The molecule has 2 aromatic carbocycles. The van der Waals surface area contributed by atoms with Gasteiger partial charge in [-0.3, -0.25) is 4.79 Å². The molecular formula is C19H16ClN3O2. The Balaban J connectivity index is 1.58. The van der Waals surface area contributed by atoms with E-state index in [0.717, 1.165) is 18.4 Å². The molecule has 0 N–H and O–H groups in total. The van der Waals surface area contributed by atoms with Crippen molar-refractivity contribution in [3.05, 3.63) is 71.1 Å². The zero-order chi connectivity index (χ0) is 17.2. The standard InChI is InChI=1S/C19H16ClN3O2/c20-15-10-8-14(9-11-15)19(24)23-12-4-7-16(23)18-21-17(22-25-18)13-5-2-1-3-6-13/h1-3,5-6,8-11,16H,4,7,12H2/t16-/m0/s1. The van der Waals surface area contributed by atoms with Gasteiger partial charge in [-0.1, -0.05) is 47.1 Å². The van der Waals surface area contributed by atoms with Crippen LogP contribution in [0.4, 0.5) is 0 Å². The number of carbonyl (C=O) groups excluding carboxylic acids is 1. The van der Waals surface area contributed by atoms with Crippen LogP contribution in [-0.4, -0.2) is 27.5 Å². The number of benzene rings is 2. The Kier molecular flexibility index (Phi) is 4.24. The molecule has 3 aromatic rings. The summed E-state index contributed by atoms with van der Waals surface area (Å²) in [7, 11) is 0. The van der Waals surface area contributed by atoms with Crippen LogP contribution < -0.4 is 0 Å². The van der Waals surface area contributed by atoms with Gasteiger partial charge < -0.3 is 9.42 Å². The zero-order valence-corrected chi connectivity index (χ0v) is 14.2. The van der Waals surface area contributed by atoms with E-state index in [1.54, 1.807) is 29.2 Å². The molecule has 5 nitrogen and oxygen atoms in total. The summed E-state index contributed by atoms with van der Waals surface area (Å²) in [5.41, 5.74) is 1.50. The molecule has 1 aliphatic heterocycles. The van der Waals surface area contributed by atoms with Gasteiger partial charge in [-0.2, -0.15) is 4.98 Å². The van der Waals surface area contributed by atoms with Crippen molar-refractivity contribution in [1.29, 1.82) is 0 Å². The molecule has 4 rings (SSSR count). The second-order valence-electron chi connectivity index (χ2n) is 5.99. The molecule has 1 saturated heterocycles. The van der Waals surface area contributed by atoms with E-state index in [1.807, 2.05) is 30.3 Å². The lowest BCUT2D eigenvalue weighted by Gasteiger charge is -2.21. The van der Waals surface area contributed by atoms with E-state index >= 15 is 0 Å². The lowest BCUT2D eigenvalue weighted by Crippen LogP contribution is -2.30. The Bertz CT molecular complexity index is 877. The maximum Gasteiger partial charge on any atom is 0.254 e. The zero-order valence-electron chi connectivity index (χ0n) is 13.4. The molecule has 1 atom stereocenters. The maximum atomic E-state index is 12.8. The summed E-state index contributed by atoms with van der Waals surface area (Å²) in [6.45, 7) is 0.676. The van der Waals surface area contributed by atoms with Crippen molar-refractivity contribution in [3.63, 3.8) is 0 Å². The minimum atomic E-state index is -0.187. The van der Waals surface area contributed by atoms with Crippen molar-refractivity contribution in [1.82, 2.24) is 15.0 Å². The molecule has 2 heterocycles. The van der Waals surface area contributed by atoms with E-state index in [4.69, 9.17) is 16.1 Å². The number of halogens is 1. The van der Waals surface area contributed by atoms with Crippen molar-refractivity contribution in [2.75, 3.05) is 6.54 Å². The van der Waals surface area contributed by atoms with Crippen LogP contribution in [0.2, 0.25) is 5.02 Å². The monoisotopic (exact) mass is 353 g/mol. The van der Waals surface area contributed by atoms with Crippen molar-refractivity contribution in [2.24, 2.45) is 0 Å². The number of nitrogens with zero attached hydrogens (tertiary/aromatic N) is 3. The Morgan fingerprint density at radius 3 is 2.64 bits per heavy atom. The summed E-state index contributed by atoms with van der Waals surface area (Å²) in [6.07, 6.45) is 1.72. The first kappa shape index (κ1) is 15.8. The number of hydrogen-bond donors (Lipinski definition) is 0. The van der Waals surface area contributed by atoms with Crippen LogP contribution in [0, 0.1) is 0 Å². The highest BCUT2D eigenvalue weighted by atomic mass is 35.5. The number of likely N-dealkylation sites (tertiary alicyclic amines) is 1. The largest absolute Gasteiger partial charge is 0.337 e. The summed E-state index contributed by atoms with van der Waals surface area (Å²) in [4.78, 5) is 19.1. The summed E-state index contributed by atoms with van der Waals surface area (Å²) in [5, 5.41) is 4.68. The highest BCUT2D eigenvalue weighted by Gasteiger charge is 2.34. The van der Waals surface area contributed by atoms with Crippen molar-refractivity contribution < 1.29 is 9.32 Å². The van der Waals surface area contributed by atoms with Crippen LogP contribution in [0.1, 0.15) is 35.1 Å². The van der Waals surface area contributed by atoms with Crippen molar-refractivity contribution >= 4 is 17.5 Å². The van der Waals surface area contributed by atoms with Gasteiger partial charge in [0.2, 0.25) is 11.7 Å². The summed E-state index contributed by atoms with van der Waals surface area (Å²) >= 11 is 5.90. The third kappa shape index (κ3) is 3.15. The normalized spacial score (nSPS) is 17.0. The molecule has 0 unspecified atom stereocenters. The molecule has 25 heavy (non-hydrogen) atoms. The van der Waals surface area contributed by atoms with E-state index in [1.165, 1.54) is 0 Å². The first-order chi connectivity index (χ1) is 12.2. The minimum Gasteiger partial charge on any atom is -0.337 e. The summed E-state index contributed by atoms with van der Waals surface area (Å²) in [5.74, 6) is 0.985. The van der Waals surface area contributed by atoms with Crippen molar-refractivity contribution in [3.8, 4) is 11.4 Å². The molecule has 0 radical (unpaired) electrons. The Labute approximate surface area is 150 Å². The van der Waals surface area contributed by atoms with E-state index in [2.05, 4.69) is 10.1 Å². The first-order valence-electron chi connectivity index (χ1n) is 8.18. The quantitative estimate of drug-likeness (QED) is 0.701. The predicted molar refractivity (Wildman–Crippen MR) is 94.2 cm³/mol. The number of rotatable bonds is 3. The van der Waals surface area contributed by atoms with Crippen LogP contribution >= 0.6 is 11.6 Å². The SMILES string of the molecule is O=C(c1ccc(Cl)cc1)N1CCC[C@H]1c1nc(-c2ccccc2)no1. The lowest BCUT2D eigenvalue weighted by molar-refractivity contribution is 0.0710. The van der Waals surface area contributed by atoms with E-state index < -0.39 is 0 Å². The number of aromatic nitrogens is 2. The van der Waals surface area contributed by atoms with Gasteiger partial charge in [0.05, 0.1) is 0 Å². The number of carbonyl (C=O) groups is 1. The highest BCUT2D eigenvalue weighted by Crippen LogP contribution is 2.33.